The fourth-order valence-electron chi connectivity index (χ4n) is 3.02. The van der Waals surface area contributed by atoms with Crippen molar-refractivity contribution in [2.24, 2.45) is 10.8 Å². The number of carbonyl (C=O) groups excluding carboxylic acids is 2. The number of likely N-dealkylation sites (tertiary alicyclic amines) is 1. The van der Waals surface area contributed by atoms with Crippen LogP contribution >= 0.6 is 0 Å². The Morgan fingerprint density at radius 3 is 2.37 bits per heavy atom. The average Bonchev–Trinajstić information content (AvgIpc) is 3.23. The van der Waals surface area contributed by atoms with Crippen LogP contribution < -0.4 is 0 Å². The Balaban J connectivity index is 2.03. The number of hydrogen-bond donors (Lipinski definition) is 0. The summed E-state index contributed by atoms with van der Waals surface area (Å²) in [5, 5.41) is 0. The Kier molecular flexibility index (Phi) is 3.88. The highest BCUT2D eigenvalue weighted by atomic mass is 16.5. The molecule has 0 aromatic rings. The van der Waals surface area contributed by atoms with Gasteiger partial charge in [-0.2, -0.15) is 0 Å². The van der Waals surface area contributed by atoms with Crippen LogP contribution in [0.4, 0.5) is 0 Å². The van der Waals surface area contributed by atoms with Crippen molar-refractivity contribution in [2.45, 2.75) is 52.4 Å². The van der Waals surface area contributed by atoms with Crippen molar-refractivity contribution in [1.82, 2.24) is 4.90 Å². The van der Waals surface area contributed by atoms with E-state index in [4.69, 9.17) is 4.74 Å². The van der Waals surface area contributed by atoms with Crippen molar-refractivity contribution in [3.05, 3.63) is 0 Å². The quantitative estimate of drug-likeness (QED) is 0.582. The molecule has 0 radical (unpaired) electrons. The third-order valence-electron chi connectivity index (χ3n) is 5.07. The summed E-state index contributed by atoms with van der Waals surface area (Å²) >= 11 is 0. The molecule has 4 heteroatoms. The summed E-state index contributed by atoms with van der Waals surface area (Å²) in [4.78, 5) is 26.2. The molecule has 2 rings (SSSR count). The van der Waals surface area contributed by atoms with Gasteiger partial charge in [0.25, 0.3) is 0 Å². The summed E-state index contributed by atoms with van der Waals surface area (Å²) in [5.74, 6) is -0.347. The van der Waals surface area contributed by atoms with E-state index < -0.39 is 5.41 Å². The lowest BCUT2D eigenvalue weighted by molar-refractivity contribution is -0.156. The average molecular weight is 267 g/mol. The molecule has 1 aliphatic carbocycles. The number of hydrogen-bond acceptors (Lipinski definition) is 3. The van der Waals surface area contributed by atoms with Crippen molar-refractivity contribution in [1.29, 1.82) is 0 Å². The number of rotatable bonds is 3. The van der Waals surface area contributed by atoms with Crippen LogP contribution in [-0.2, 0) is 14.3 Å². The number of esters is 1. The molecule has 1 aliphatic heterocycles. The zero-order valence-electron chi connectivity index (χ0n) is 12.3. The van der Waals surface area contributed by atoms with Crippen molar-refractivity contribution in [3.63, 3.8) is 0 Å². The topological polar surface area (TPSA) is 46.6 Å². The first kappa shape index (κ1) is 14.4. The molecule has 108 valence electrons. The van der Waals surface area contributed by atoms with Gasteiger partial charge in [0.1, 0.15) is 5.41 Å². The largest absolute Gasteiger partial charge is 0.468 e. The molecule has 2 fully saturated rings. The van der Waals surface area contributed by atoms with Crippen LogP contribution in [0.25, 0.3) is 0 Å². The van der Waals surface area contributed by atoms with Crippen LogP contribution in [0, 0.1) is 10.8 Å². The Morgan fingerprint density at radius 2 is 1.84 bits per heavy atom. The summed E-state index contributed by atoms with van der Waals surface area (Å²) in [6, 6.07) is 0. The maximum atomic E-state index is 12.6. The van der Waals surface area contributed by atoms with Gasteiger partial charge in [0.05, 0.1) is 7.11 Å². The van der Waals surface area contributed by atoms with Crippen LogP contribution in [0.5, 0.6) is 0 Å². The molecular formula is C15H25NO3. The summed E-state index contributed by atoms with van der Waals surface area (Å²) in [7, 11) is 1.37. The van der Waals surface area contributed by atoms with E-state index in [1.165, 1.54) is 13.5 Å². The van der Waals surface area contributed by atoms with Crippen molar-refractivity contribution in [3.8, 4) is 0 Å². The van der Waals surface area contributed by atoms with Crippen LogP contribution in [0.15, 0.2) is 0 Å². The molecule has 0 aromatic heterocycles. The predicted molar refractivity (Wildman–Crippen MR) is 72.5 cm³/mol. The predicted octanol–water partition coefficient (Wildman–Crippen LogP) is 2.37. The van der Waals surface area contributed by atoms with Crippen molar-refractivity contribution in [2.75, 3.05) is 20.2 Å². The third kappa shape index (κ3) is 2.63. The molecule has 0 N–H and O–H groups in total. The highest BCUT2D eigenvalue weighted by molar-refractivity contribution is 6.05. The van der Waals surface area contributed by atoms with Gasteiger partial charge in [0.2, 0.25) is 5.91 Å². The first-order valence-electron chi connectivity index (χ1n) is 7.35. The van der Waals surface area contributed by atoms with E-state index in [0.29, 0.717) is 18.3 Å². The number of methoxy groups -OCH3 is 1. The normalized spacial score (nSPS) is 29.5. The highest BCUT2D eigenvalue weighted by Crippen LogP contribution is 2.49. The summed E-state index contributed by atoms with van der Waals surface area (Å²) in [6.45, 7) is 6.08. The standard InChI is InChI=1S/C15H25NO3/c1-4-14(2)6-5-10-16(11-9-14)12(17)15(7-8-15)13(18)19-3/h4-11H2,1-3H3/t14-/m0/s1. The fraction of sp³-hybridized carbons (Fsp3) is 0.867. The second-order valence-electron chi connectivity index (χ2n) is 6.38. The molecule has 19 heavy (non-hydrogen) atoms. The van der Waals surface area contributed by atoms with Gasteiger partial charge in [0, 0.05) is 13.1 Å². The molecule has 4 nitrogen and oxygen atoms in total. The molecule has 1 amide bonds. The highest BCUT2D eigenvalue weighted by Gasteiger charge is 2.59. The lowest BCUT2D eigenvalue weighted by Gasteiger charge is -2.27. The van der Waals surface area contributed by atoms with E-state index in [1.54, 1.807) is 0 Å². The lowest BCUT2D eigenvalue weighted by atomic mass is 9.80. The van der Waals surface area contributed by atoms with Crippen LogP contribution in [0.2, 0.25) is 0 Å². The van der Waals surface area contributed by atoms with Gasteiger partial charge in [0.15, 0.2) is 0 Å². The van der Waals surface area contributed by atoms with Gasteiger partial charge >= 0.3 is 5.97 Å². The smallest absolute Gasteiger partial charge is 0.321 e. The van der Waals surface area contributed by atoms with Gasteiger partial charge in [-0.25, -0.2) is 0 Å². The molecule has 1 saturated heterocycles. The van der Waals surface area contributed by atoms with E-state index in [1.807, 2.05) is 4.90 Å². The lowest BCUT2D eigenvalue weighted by Crippen LogP contribution is -2.42. The van der Waals surface area contributed by atoms with Crippen molar-refractivity contribution < 1.29 is 14.3 Å². The first-order chi connectivity index (χ1) is 8.97. The minimum absolute atomic E-state index is 0.000275. The zero-order chi connectivity index (χ0) is 14.1. The van der Waals surface area contributed by atoms with Gasteiger partial charge in [-0.15, -0.1) is 0 Å². The molecule has 0 bridgehead atoms. The van der Waals surface area contributed by atoms with Crippen LogP contribution in [0.1, 0.15) is 52.4 Å². The monoisotopic (exact) mass is 267 g/mol. The number of ether oxygens (including phenoxy) is 1. The van der Waals surface area contributed by atoms with Gasteiger partial charge in [-0.05, 0) is 37.5 Å². The van der Waals surface area contributed by atoms with E-state index in [2.05, 4.69) is 13.8 Å². The molecule has 1 saturated carbocycles. The second-order valence-corrected chi connectivity index (χ2v) is 6.38. The van der Waals surface area contributed by atoms with Crippen LogP contribution in [0.3, 0.4) is 0 Å². The summed E-state index contributed by atoms with van der Waals surface area (Å²) in [5.41, 5.74) is -0.487. The Morgan fingerprint density at radius 1 is 1.16 bits per heavy atom. The SMILES string of the molecule is CC[C@@]1(C)CCCN(C(=O)C2(C(=O)OC)CC2)CC1. The second kappa shape index (κ2) is 5.14. The third-order valence-corrected chi connectivity index (χ3v) is 5.07. The number of nitrogens with zero attached hydrogens (tertiary/aromatic N) is 1. The molecular weight excluding hydrogens is 242 g/mol. The molecule has 0 unspecified atom stereocenters. The molecule has 2 aliphatic rings. The minimum atomic E-state index is -0.832. The Bertz CT molecular complexity index is 376. The summed E-state index contributed by atoms with van der Waals surface area (Å²) in [6.07, 6.45) is 5.69. The van der Waals surface area contributed by atoms with E-state index >= 15 is 0 Å². The van der Waals surface area contributed by atoms with E-state index in [9.17, 15) is 9.59 Å². The number of amides is 1. The molecule has 1 heterocycles. The maximum absolute atomic E-state index is 12.6. The van der Waals surface area contributed by atoms with Gasteiger partial charge in [-0.1, -0.05) is 20.3 Å². The zero-order valence-corrected chi connectivity index (χ0v) is 12.3. The van der Waals surface area contributed by atoms with Gasteiger partial charge in [-0.3, -0.25) is 9.59 Å². The Labute approximate surface area is 115 Å². The number of carbonyl (C=O) groups is 2. The molecule has 1 atom stereocenters. The fourth-order valence-corrected chi connectivity index (χ4v) is 3.02. The maximum Gasteiger partial charge on any atom is 0.321 e. The van der Waals surface area contributed by atoms with Crippen molar-refractivity contribution >= 4 is 11.9 Å². The molecule has 0 aromatic carbocycles. The minimum Gasteiger partial charge on any atom is -0.468 e. The van der Waals surface area contributed by atoms with E-state index in [-0.39, 0.29) is 11.9 Å². The molecule has 0 spiro atoms. The van der Waals surface area contributed by atoms with Gasteiger partial charge < -0.3 is 9.64 Å². The van der Waals surface area contributed by atoms with Crippen LogP contribution in [-0.4, -0.2) is 37.0 Å². The first-order valence-corrected chi connectivity index (χ1v) is 7.35. The van der Waals surface area contributed by atoms with E-state index in [0.717, 1.165) is 32.4 Å². The summed E-state index contributed by atoms with van der Waals surface area (Å²) < 4.78 is 4.80. The Hall–Kier alpha value is -1.06.